The number of carbonyl (C=O) groups excluding carboxylic acids is 2. The Labute approximate surface area is 124 Å². The Morgan fingerprint density at radius 2 is 1.86 bits per heavy atom. The van der Waals surface area contributed by atoms with E-state index < -0.39 is 0 Å². The Bertz CT molecular complexity index is 567. The number of benzene rings is 1. The SMILES string of the molecule is O=C1CC(C(=O)N2CCC2c2ccccc2)CN1C1CC1. The minimum absolute atomic E-state index is 0.121. The number of hydrogen-bond donors (Lipinski definition) is 0. The van der Waals surface area contributed by atoms with E-state index in [1.165, 1.54) is 5.56 Å². The molecule has 1 saturated carbocycles. The molecule has 2 unspecified atom stereocenters. The predicted octanol–water partition coefficient (Wildman–Crippen LogP) is 1.97. The molecule has 3 fully saturated rings. The number of rotatable bonds is 3. The van der Waals surface area contributed by atoms with Crippen LogP contribution >= 0.6 is 0 Å². The second-order valence-electron chi connectivity index (χ2n) is 6.43. The van der Waals surface area contributed by atoms with Gasteiger partial charge in [0.15, 0.2) is 0 Å². The Morgan fingerprint density at radius 1 is 1.10 bits per heavy atom. The Kier molecular flexibility index (Phi) is 2.98. The van der Waals surface area contributed by atoms with Crippen molar-refractivity contribution >= 4 is 11.8 Å². The second-order valence-corrected chi connectivity index (χ2v) is 6.43. The number of nitrogens with zero attached hydrogens (tertiary/aromatic N) is 2. The van der Waals surface area contributed by atoms with E-state index >= 15 is 0 Å². The summed E-state index contributed by atoms with van der Waals surface area (Å²) < 4.78 is 0. The smallest absolute Gasteiger partial charge is 0.228 e. The Morgan fingerprint density at radius 3 is 2.48 bits per heavy atom. The van der Waals surface area contributed by atoms with E-state index in [4.69, 9.17) is 0 Å². The van der Waals surface area contributed by atoms with Crippen LogP contribution in [-0.4, -0.2) is 40.7 Å². The standard InChI is InChI=1S/C17H20N2O2/c20-16-10-13(11-19(16)14-6-7-14)17(21)18-9-8-15(18)12-4-2-1-3-5-12/h1-5,13-15H,6-11H2. The molecule has 0 N–H and O–H groups in total. The van der Waals surface area contributed by atoms with E-state index in [1.54, 1.807) is 0 Å². The van der Waals surface area contributed by atoms with E-state index in [1.807, 2.05) is 28.0 Å². The Hall–Kier alpha value is -1.84. The normalized spacial score (nSPS) is 28.7. The maximum Gasteiger partial charge on any atom is 0.228 e. The minimum atomic E-state index is -0.121. The topological polar surface area (TPSA) is 40.6 Å². The van der Waals surface area contributed by atoms with Gasteiger partial charge in [-0.2, -0.15) is 0 Å². The maximum absolute atomic E-state index is 12.7. The zero-order valence-corrected chi connectivity index (χ0v) is 12.1. The van der Waals surface area contributed by atoms with Crippen molar-refractivity contribution in [2.45, 2.75) is 37.8 Å². The van der Waals surface area contributed by atoms with E-state index in [2.05, 4.69) is 12.1 Å². The summed E-state index contributed by atoms with van der Waals surface area (Å²) in [5.41, 5.74) is 1.21. The summed E-state index contributed by atoms with van der Waals surface area (Å²) in [6.07, 6.45) is 3.67. The fourth-order valence-corrected chi connectivity index (χ4v) is 3.54. The zero-order valence-electron chi connectivity index (χ0n) is 12.1. The van der Waals surface area contributed by atoms with Crippen molar-refractivity contribution in [1.29, 1.82) is 0 Å². The monoisotopic (exact) mass is 284 g/mol. The van der Waals surface area contributed by atoms with Gasteiger partial charge in [0.05, 0.1) is 12.0 Å². The zero-order chi connectivity index (χ0) is 14.4. The lowest BCUT2D eigenvalue weighted by Crippen LogP contribution is -2.48. The van der Waals surface area contributed by atoms with Crippen LogP contribution in [0.3, 0.4) is 0 Å². The predicted molar refractivity (Wildman–Crippen MR) is 78.4 cm³/mol. The number of carbonyl (C=O) groups is 2. The minimum Gasteiger partial charge on any atom is -0.339 e. The molecule has 110 valence electrons. The molecule has 4 rings (SSSR count). The molecular formula is C17H20N2O2. The fourth-order valence-electron chi connectivity index (χ4n) is 3.54. The van der Waals surface area contributed by atoms with Crippen molar-refractivity contribution < 1.29 is 9.59 Å². The summed E-state index contributed by atoms with van der Waals surface area (Å²) >= 11 is 0. The van der Waals surface area contributed by atoms with Gasteiger partial charge < -0.3 is 9.80 Å². The van der Waals surface area contributed by atoms with Gasteiger partial charge in [0.25, 0.3) is 0 Å². The van der Waals surface area contributed by atoms with Crippen molar-refractivity contribution in [3.8, 4) is 0 Å². The first-order chi connectivity index (χ1) is 10.2. The van der Waals surface area contributed by atoms with E-state index in [0.717, 1.165) is 25.8 Å². The molecule has 4 nitrogen and oxygen atoms in total. The van der Waals surface area contributed by atoms with Gasteiger partial charge in [-0.3, -0.25) is 9.59 Å². The van der Waals surface area contributed by atoms with E-state index in [0.29, 0.717) is 19.0 Å². The van der Waals surface area contributed by atoms with Crippen LogP contribution in [0.15, 0.2) is 30.3 Å². The second kappa shape index (κ2) is 4.86. The summed E-state index contributed by atoms with van der Waals surface area (Å²) in [6.45, 7) is 1.47. The molecule has 4 heteroatoms. The van der Waals surface area contributed by atoms with Crippen LogP contribution in [0.2, 0.25) is 0 Å². The van der Waals surface area contributed by atoms with Crippen LogP contribution in [0.5, 0.6) is 0 Å². The molecule has 2 amide bonds. The molecule has 1 aromatic carbocycles. The fraction of sp³-hybridized carbons (Fsp3) is 0.529. The van der Waals surface area contributed by atoms with Crippen molar-refractivity contribution in [3.63, 3.8) is 0 Å². The summed E-state index contributed by atoms with van der Waals surface area (Å²) in [5, 5.41) is 0. The van der Waals surface area contributed by atoms with Gasteiger partial charge in [0.1, 0.15) is 0 Å². The van der Waals surface area contributed by atoms with Gasteiger partial charge in [-0.1, -0.05) is 30.3 Å². The van der Waals surface area contributed by atoms with Crippen LogP contribution in [0.1, 0.15) is 37.3 Å². The molecule has 2 heterocycles. The quantitative estimate of drug-likeness (QED) is 0.851. The molecule has 3 aliphatic rings. The van der Waals surface area contributed by atoms with Gasteiger partial charge in [0.2, 0.25) is 11.8 Å². The summed E-state index contributed by atoms with van der Waals surface area (Å²) in [4.78, 5) is 28.6. The highest BCUT2D eigenvalue weighted by Gasteiger charge is 2.45. The third-order valence-corrected chi connectivity index (χ3v) is 4.98. The highest BCUT2D eigenvalue weighted by Crippen LogP contribution is 2.38. The number of hydrogen-bond acceptors (Lipinski definition) is 2. The molecule has 0 aromatic heterocycles. The maximum atomic E-state index is 12.7. The van der Waals surface area contributed by atoms with Crippen LogP contribution in [0.25, 0.3) is 0 Å². The third-order valence-electron chi connectivity index (χ3n) is 4.98. The highest BCUT2D eigenvalue weighted by atomic mass is 16.2. The first-order valence-corrected chi connectivity index (χ1v) is 7.89. The van der Waals surface area contributed by atoms with Crippen molar-refractivity contribution in [2.75, 3.05) is 13.1 Å². The van der Waals surface area contributed by atoms with Gasteiger partial charge in [0, 0.05) is 25.6 Å². The molecule has 0 bridgehead atoms. The number of likely N-dealkylation sites (tertiary alicyclic amines) is 2. The molecule has 2 saturated heterocycles. The molecule has 0 radical (unpaired) electrons. The molecule has 2 atom stereocenters. The lowest BCUT2D eigenvalue weighted by atomic mass is 9.92. The molecule has 0 spiro atoms. The lowest BCUT2D eigenvalue weighted by Gasteiger charge is -2.42. The van der Waals surface area contributed by atoms with Crippen LogP contribution < -0.4 is 0 Å². The van der Waals surface area contributed by atoms with Crippen LogP contribution in [-0.2, 0) is 9.59 Å². The molecule has 1 aromatic rings. The number of amides is 2. The largest absolute Gasteiger partial charge is 0.339 e. The average molecular weight is 284 g/mol. The van der Waals surface area contributed by atoms with Crippen LogP contribution in [0.4, 0.5) is 0 Å². The Balaban J connectivity index is 1.45. The van der Waals surface area contributed by atoms with Gasteiger partial charge >= 0.3 is 0 Å². The summed E-state index contributed by atoms with van der Waals surface area (Å²) in [5.74, 6) is 0.226. The molecule has 1 aliphatic carbocycles. The van der Waals surface area contributed by atoms with Crippen molar-refractivity contribution in [1.82, 2.24) is 9.80 Å². The first kappa shape index (κ1) is 12.9. The average Bonchev–Trinajstić information content (AvgIpc) is 3.21. The molecular weight excluding hydrogens is 264 g/mol. The molecule has 21 heavy (non-hydrogen) atoms. The van der Waals surface area contributed by atoms with E-state index in [-0.39, 0.29) is 23.8 Å². The highest BCUT2D eigenvalue weighted by molar-refractivity contribution is 5.90. The van der Waals surface area contributed by atoms with E-state index in [9.17, 15) is 9.59 Å². The van der Waals surface area contributed by atoms with Gasteiger partial charge in [-0.05, 0) is 24.8 Å². The van der Waals surface area contributed by atoms with Crippen molar-refractivity contribution in [3.05, 3.63) is 35.9 Å². The van der Waals surface area contributed by atoms with Gasteiger partial charge in [-0.15, -0.1) is 0 Å². The van der Waals surface area contributed by atoms with Gasteiger partial charge in [-0.25, -0.2) is 0 Å². The first-order valence-electron chi connectivity index (χ1n) is 7.89. The third kappa shape index (κ3) is 2.23. The van der Waals surface area contributed by atoms with Crippen molar-refractivity contribution in [2.24, 2.45) is 5.92 Å². The summed E-state index contributed by atoms with van der Waals surface area (Å²) in [6, 6.07) is 10.8. The molecule has 2 aliphatic heterocycles. The lowest BCUT2D eigenvalue weighted by molar-refractivity contribution is -0.143. The summed E-state index contributed by atoms with van der Waals surface area (Å²) in [7, 11) is 0. The van der Waals surface area contributed by atoms with Crippen LogP contribution in [0, 0.1) is 5.92 Å².